The van der Waals surface area contributed by atoms with E-state index in [1.54, 1.807) is 0 Å². The van der Waals surface area contributed by atoms with Crippen LogP contribution in [-0.4, -0.2) is 31.6 Å². The van der Waals surface area contributed by atoms with Crippen LogP contribution in [-0.2, 0) is 14.9 Å². The number of nitrogens with two attached hydrogens (primary N) is 1. The first-order valence-corrected chi connectivity index (χ1v) is 6.55. The first-order valence-electron chi connectivity index (χ1n) is 4.94. The normalized spacial score (nSPS) is 9.18. The summed E-state index contributed by atoms with van der Waals surface area (Å²) in [6.07, 6.45) is -0.112. The molecule has 0 saturated carbocycles. The Morgan fingerprint density at radius 3 is 1.47 bits per heavy atom. The number of hydrogen-bond acceptors (Lipinski definition) is 4. The van der Waals surface area contributed by atoms with Crippen LogP contribution in [0.5, 0.6) is 0 Å². The first kappa shape index (κ1) is 18.1. The highest BCUT2D eigenvalue weighted by Gasteiger charge is 2.04. The largest absolute Gasteiger partial charge is 0.333 e. The van der Waals surface area contributed by atoms with E-state index in [9.17, 15) is 13.2 Å². The third kappa shape index (κ3) is 20.8. The van der Waals surface area contributed by atoms with E-state index in [2.05, 4.69) is 5.73 Å². The zero-order valence-electron chi connectivity index (χ0n) is 10.0. The maximum Gasteiger partial charge on any atom is 0.265 e. The lowest BCUT2D eigenvalue weighted by atomic mass is 10.4. The van der Waals surface area contributed by atoms with Crippen LogP contribution in [0.1, 0.15) is 13.3 Å². The molecule has 0 amide bonds. The fraction of sp³-hybridized carbons (Fsp3) is 0.364. The van der Waals surface area contributed by atoms with E-state index in [1.807, 2.05) is 36.4 Å². The fourth-order valence-electron chi connectivity index (χ4n) is 0.658. The Morgan fingerprint density at radius 1 is 1.06 bits per heavy atom. The standard InChI is InChI=1S/C6H6.C4H8O4S.CH5N/c1-2-4-6-5-3-1;1-4(5)2-3-9(6,7)8;1-2/h1-6H;2-3H2,1H3,(H,6,7,8);2H2,1H3. The first-order chi connectivity index (χ1) is 7.92. The summed E-state index contributed by atoms with van der Waals surface area (Å²) in [4.78, 5) is 10.1. The van der Waals surface area contributed by atoms with Crippen molar-refractivity contribution in [1.29, 1.82) is 0 Å². The molecule has 1 rings (SSSR count). The van der Waals surface area contributed by atoms with Crippen LogP contribution < -0.4 is 5.73 Å². The molecule has 17 heavy (non-hydrogen) atoms. The average molecular weight is 261 g/mol. The van der Waals surface area contributed by atoms with Crippen LogP contribution in [0, 0.1) is 0 Å². The number of ketones is 1. The molecule has 0 aliphatic carbocycles. The minimum Gasteiger partial charge on any atom is -0.333 e. The van der Waals surface area contributed by atoms with Gasteiger partial charge in [-0.25, -0.2) is 0 Å². The molecule has 98 valence electrons. The second-order valence-electron chi connectivity index (χ2n) is 2.89. The van der Waals surface area contributed by atoms with Gasteiger partial charge in [-0.2, -0.15) is 8.42 Å². The summed E-state index contributed by atoms with van der Waals surface area (Å²) in [5.74, 6) is -0.713. The van der Waals surface area contributed by atoms with Crippen molar-refractivity contribution in [3.63, 3.8) is 0 Å². The van der Waals surface area contributed by atoms with Gasteiger partial charge >= 0.3 is 0 Å². The van der Waals surface area contributed by atoms with Crippen molar-refractivity contribution in [1.82, 2.24) is 0 Å². The quantitative estimate of drug-likeness (QED) is 0.794. The Kier molecular flexibility index (Phi) is 12.0. The lowest BCUT2D eigenvalue weighted by Crippen LogP contribution is -2.07. The van der Waals surface area contributed by atoms with Gasteiger partial charge in [0.05, 0.1) is 5.75 Å². The van der Waals surface area contributed by atoms with Crippen LogP contribution >= 0.6 is 0 Å². The molecular formula is C11H19NO4S. The molecule has 0 saturated heterocycles. The average Bonchev–Trinajstić information content (AvgIpc) is 2.31. The van der Waals surface area contributed by atoms with E-state index >= 15 is 0 Å². The second kappa shape index (κ2) is 11.3. The summed E-state index contributed by atoms with van der Waals surface area (Å²) in [5.41, 5.74) is 4.50. The molecule has 0 atom stereocenters. The topological polar surface area (TPSA) is 97.5 Å². The zero-order valence-corrected chi connectivity index (χ0v) is 10.9. The van der Waals surface area contributed by atoms with Crippen LogP contribution in [0.15, 0.2) is 36.4 Å². The monoisotopic (exact) mass is 261 g/mol. The van der Waals surface area contributed by atoms with Gasteiger partial charge in [-0.1, -0.05) is 36.4 Å². The Labute approximate surface area is 102 Å². The van der Waals surface area contributed by atoms with Gasteiger partial charge in [-0.3, -0.25) is 9.35 Å². The molecule has 0 aromatic heterocycles. The predicted molar refractivity (Wildman–Crippen MR) is 68.3 cm³/mol. The van der Waals surface area contributed by atoms with Gasteiger partial charge in [0.2, 0.25) is 0 Å². The molecule has 0 bridgehead atoms. The van der Waals surface area contributed by atoms with Crippen molar-refractivity contribution in [3.05, 3.63) is 36.4 Å². The van der Waals surface area contributed by atoms with Crippen LogP contribution in [0.3, 0.4) is 0 Å². The summed E-state index contributed by atoms with van der Waals surface area (Å²) in [6.45, 7) is 1.27. The maximum absolute atomic E-state index is 10.1. The summed E-state index contributed by atoms with van der Waals surface area (Å²) in [5, 5.41) is 0. The van der Waals surface area contributed by atoms with Gasteiger partial charge in [-0.05, 0) is 14.0 Å². The smallest absolute Gasteiger partial charge is 0.265 e. The van der Waals surface area contributed by atoms with E-state index < -0.39 is 15.9 Å². The highest BCUT2D eigenvalue weighted by atomic mass is 32.2. The van der Waals surface area contributed by atoms with Gasteiger partial charge < -0.3 is 5.73 Å². The molecule has 0 aliphatic rings. The van der Waals surface area contributed by atoms with Crippen molar-refractivity contribution in [3.8, 4) is 0 Å². The Bertz CT molecular complexity index is 349. The maximum atomic E-state index is 10.1. The third-order valence-electron chi connectivity index (χ3n) is 1.38. The third-order valence-corrected chi connectivity index (χ3v) is 2.10. The van der Waals surface area contributed by atoms with Gasteiger partial charge in [0.15, 0.2) is 0 Å². The molecule has 3 N–H and O–H groups in total. The SMILES string of the molecule is CC(=O)CCS(=O)(=O)O.CN.c1ccccc1. The summed E-state index contributed by atoms with van der Waals surface area (Å²) in [6, 6.07) is 12.0. The number of benzene rings is 1. The van der Waals surface area contributed by atoms with Crippen molar-refractivity contribution in [2.24, 2.45) is 5.73 Å². The summed E-state index contributed by atoms with van der Waals surface area (Å²) in [7, 11) is -2.44. The Hall–Kier alpha value is -1.24. The van der Waals surface area contributed by atoms with Gasteiger partial charge in [0.1, 0.15) is 5.78 Å². The molecule has 0 heterocycles. The van der Waals surface area contributed by atoms with Crippen molar-refractivity contribution in [2.45, 2.75) is 13.3 Å². The van der Waals surface area contributed by atoms with Crippen LogP contribution in [0.2, 0.25) is 0 Å². The fourth-order valence-corrected chi connectivity index (χ4v) is 1.20. The molecule has 0 aliphatic heterocycles. The Balaban J connectivity index is 0. The molecular weight excluding hydrogens is 242 g/mol. The van der Waals surface area contributed by atoms with Crippen molar-refractivity contribution < 1.29 is 17.8 Å². The Morgan fingerprint density at radius 2 is 1.35 bits per heavy atom. The summed E-state index contributed by atoms with van der Waals surface area (Å²) < 4.78 is 28.0. The number of carbonyl (C=O) groups is 1. The molecule has 1 aromatic rings. The van der Waals surface area contributed by atoms with Crippen molar-refractivity contribution in [2.75, 3.05) is 12.8 Å². The second-order valence-corrected chi connectivity index (χ2v) is 4.46. The molecule has 0 spiro atoms. The number of hydrogen-bond donors (Lipinski definition) is 2. The highest BCUT2D eigenvalue weighted by Crippen LogP contribution is 1.88. The van der Waals surface area contributed by atoms with E-state index in [1.165, 1.54) is 14.0 Å². The lowest BCUT2D eigenvalue weighted by Gasteiger charge is -1.90. The lowest BCUT2D eigenvalue weighted by molar-refractivity contribution is -0.116. The molecule has 0 unspecified atom stereocenters. The highest BCUT2D eigenvalue weighted by molar-refractivity contribution is 7.85. The minimum absolute atomic E-state index is 0.112. The number of carbonyl (C=O) groups excluding carboxylic acids is 1. The van der Waals surface area contributed by atoms with Gasteiger partial charge in [-0.15, -0.1) is 0 Å². The van der Waals surface area contributed by atoms with E-state index in [-0.39, 0.29) is 12.2 Å². The molecule has 0 fully saturated rings. The number of Topliss-reactive ketones (excluding diaryl/α,β-unsaturated/α-hetero) is 1. The molecule has 0 radical (unpaired) electrons. The van der Waals surface area contributed by atoms with Gasteiger partial charge in [0.25, 0.3) is 10.1 Å². The van der Waals surface area contributed by atoms with Crippen LogP contribution in [0.25, 0.3) is 0 Å². The van der Waals surface area contributed by atoms with E-state index in [0.29, 0.717) is 0 Å². The number of rotatable bonds is 3. The zero-order chi connectivity index (χ0) is 13.7. The molecule has 6 heteroatoms. The van der Waals surface area contributed by atoms with Crippen LogP contribution in [0.4, 0.5) is 0 Å². The predicted octanol–water partition coefficient (Wildman–Crippen LogP) is 1.11. The molecule has 1 aromatic carbocycles. The minimum atomic E-state index is -3.94. The van der Waals surface area contributed by atoms with Gasteiger partial charge in [0, 0.05) is 6.42 Å². The molecule has 5 nitrogen and oxygen atoms in total. The van der Waals surface area contributed by atoms with E-state index in [0.717, 1.165) is 0 Å². The van der Waals surface area contributed by atoms with E-state index in [4.69, 9.17) is 4.55 Å². The van der Waals surface area contributed by atoms with Crippen molar-refractivity contribution >= 4 is 15.9 Å². The summed E-state index contributed by atoms with van der Waals surface area (Å²) >= 11 is 0.